The Kier molecular flexibility index (Phi) is 8.29. The highest BCUT2D eigenvalue weighted by molar-refractivity contribution is 7.17. The van der Waals surface area contributed by atoms with Crippen LogP contribution >= 0.6 is 11.3 Å². The lowest BCUT2D eigenvalue weighted by Crippen LogP contribution is -2.51. The van der Waals surface area contributed by atoms with Crippen LogP contribution in [-0.4, -0.2) is 68.2 Å². The minimum Gasteiger partial charge on any atom is -0.379 e. The molecule has 0 spiro atoms. The summed E-state index contributed by atoms with van der Waals surface area (Å²) in [6.45, 7) is 6.50. The molecule has 2 aromatic heterocycles. The lowest BCUT2D eigenvalue weighted by atomic mass is 10.1. The second-order valence-corrected chi connectivity index (χ2v) is 11.6. The van der Waals surface area contributed by atoms with Crippen LogP contribution in [0, 0.1) is 0 Å². The van der Waals surface area contributed by atoms with Crippen LogP contribution in [0.2, 0.25) is 0 Å². The first-order chi connectivity index (χ1) is 17.7. The van der Waals surface area contributed by atoms with Gasteiger partial charge in [-0.1, -0.05) is 0 Å². The standard InChI is InChI=1S/C24H29F6N5O3S/c1-12-7-6-8-35(12)20(37)16-17(39-19(33-16)18(36)32-11-22(5,38)24(28,29)30)13-10-31-15(34-21(2,3)4)9-14(13)23(25,26)27/h9-10,12,38H,6-8,11H2,1-5H3,(H,31,34)(H,32,36)/t12-,22-/m0/s1. The number of aliphatic hydroxyl groups is 1. The molecule has 0 bridgehead atoms. The normalized spacial score (nSPS) is 18.2. The van der Waals surface area contributed by atoms with Crippen LogP contribution in [0.15, 0.2) is 12.3 Å². The minimum absolute atomic E-state index is 0.0727. The Balaban J connectivity index is 2.11. The van der Waals surface area contributed by atoms with Gasteiger partial charge in [0.05, 0.1) is 17.0 Å². The van der Waals surface area contributed by atoms with E-state index >= 15 is 0 Å². The van der Waals surface area contributed by atoms with Gasteiger partial charge < -0.3 is 20.6 Å². The number of aromatic nitrogens is 2. The van der Waals surface area contributed by atoms with Crippen molar-refractivity contribution in [2.45, 2.75) is 77.0 Å². The Morgan fingerprint density at radius 2 is 1.79 bits per heavy atom. The topological polar surface area (TPSA) is 107 Å². The van der Waals surface area contributed by atoms with E-state index in [9.17, 15) is 41.0 Å². The Bertz CT molecular complexity index is 1240. The summed E-state index contributed by atoms with van der Waals surface area (Å²) < 4.78 is 81.6. The number of anilines is 1. The number of halogens is 6. The number of nitrogens with one attached hydrogen (secondary N) is 2. The van der Waals surface area contributed by atoms with Crippen molar-refractivity contribution < 1.29 is 41.0 Å². The molecule has 39 heavy (non-hydrogen) atoms. The summed E-state index contributed by atoms with van der Waals surface area (Å²) in [4.78, 5) is 35.2. The second kappa shape index (κ2) is 10.6. The maximum Gasteiger partial charge on any atom is 0.418 e. The number of carbonyl (C=O) groups excluding carboxylic acids is 2. The number of alkyl halides is 6. The predicted molar refractivity (Wildman–Crippen MR) is 132 cm³/mol. The molecule has 0 radical (unpaired) electrons. The van der Waals surface area contributed by atoms with E-state index in [1.165, 1.54) is 4.90 Å². The number of hydrogen-bond donors (Lipinski definition) is 3. The molecule has 2 aromatic rings. The lowest BCUT2D eigenvalue weighted by molar-refractivity contribution is -0.249. The Hall–Kier alpha value is -2.94. The molecule has 2 amide bonds. The average Bonchev–Trinajstić information content (AvgIpc) is 3.41. The fourth-order valence-corrected chi connectivity index (χ4v) is 4.86. The van der Waals surface area contributed by atoms with Crippen LogP contribution in [0.5, 0.6) is 0 Å². The molecule has 3 heterocycles. The summed E-state index contributed by atoms with van der Waals surface area (Å²) in [6.07, 6.45) is -7.70. The first-order valence-electron chi connectivity index (χ1n) is 12.0. The van der Waals surface area contributed by atoms with E-state index in [1.54, 1.807) is 27.7 Å². The van der Waals surface area contributed by atoms with Crippen molar-refractivity contribution >= 4 is 29.0 Å². The molecule has 216 valence electrons. The second-order valence-electron chi connectivity index (χ2n) is 10.6. The minimum atomic E-state index is -5.06. The largest absolute Gasteiger partial charge is 0.418 e. The van der Waals surface area contributed by atoms with Crippen molar-refractivity contribution in [2.24, 2.45) is 0 Å². The first kappa shape index (κ1) is 30.6. The zero-order valence-electron chi connectivity index (χ0n) is 21.8. The number of rotatable bonds is 6. The van der Waals surface area contributed by atoms with Gasteiger partial charge in [-0.15, -0.1) is 11.3 Å². The smallest absolute Gasteiger partial charge is 0.379 e. The molecule has 2 atom stereocenters. The van der Waals surface area contributed by atoms with E-state index in [4.69, 9.17) is 0 Å². The number of thiazole rings is 1. The van der Waals surface area contributed by atoms with Crippen molar-refractivity contribution in [1.82, 2.24) is 20.2 Å². The Morgan fingerprint density at radius 3 is 2.31 bits per heavy atom. The summed E-state index contributed by atoms with van der Waals surface area (Å²) >= 11 is 0.422. The van der Waals surface area contributed by atoms with E-state index < -0.39 is 63.7 Å². The molecule has 0 unspecified atom stereocenters. The molecule has 1 aliphatic heterocycles. The van der Waals surface area contributed by atoms with E-state index in [0.717, 1.165) is 12.3 Å². The quantitative estimate of drug-likeness (QED) is 0.410. The van der Waals surface area contributed by atoms with E-state index in [0.29, 0.717) is 37.6 Å². The zero-order chi connectivity index (χ0) is 29.6. The molecule has 0 aliphatic carbocycles. The number of amides is 2. The van der Waals surface area contributed by atoms with Gasteiger partial charge in [0.25, 0.3) is 11.8 Å². The summed E-state index contributed by atoms with van der Waals surface area (Å²) in [5.74, 6) is -1.97. The van der Waals surface area contributed by atoms with Crippen molar-refractivity contribution in [3.05, 3.63) is 28.5 Å². The molecule has 1 saturated heterocycles. The van der Waals surface area contributed by atoms with Gasteiger partial charge in [0.1, 0.15) is 11.5 Å². The number of likely N-dealkylation sites (tertiary alicyclic amines) is 1. The molecule has 1 aliphatic rings. The van der Waals surface area contributed by atoms with Crippen LogP contribution in [0.25, 0.3) is 10.4 Å². The van der Waals surface area contributed by atoms with Gasteiger partial charge in [-0.2, -0.15) is 26.3 Å². The third-order valence-corrected chi connectivity index (χ3v) is 7.09. The van der Waals surface area contributed by atoms with Crippen LogP contribution in [0.1, 0.15) is 73.3 Å². The number of carbonyl (C=O) groups is 2. The zero-order valence-corrected chi connectivity index (χ0v) is 22.7. The molecule has 15 heteroatoms. The van der Waals surface area contributed by atoms with Gasteiger partial charge in [-0.05, 0) is 53.5 Å². The van der Waals surface area contributed by atoms with Gasteiger partial charge in [0.15, 0.2) is 10.6 Å². The Morgan fingerprint density at radius 1 is 1.15 bits per heavy atom. The highest BCUT2D eigenvalue weighted by Gasteiger charge is 2.50. The SMILES string of the molecule is C[C@H]1CCCN1C(=O)c1nc(C(=O)NC[C@](C)(O)C(F)(F)F)sc1-c1cnc(NC(C)(C)C)cc1C(F)(F)F. The monoisotopic (exact) mass is 581 g/mol. The van der Waals surface area contributed by atoms with E-state index in [-0.39, 0.29) is 16.7 Å². The highest BCUT2D eigenvalue weighted by Crippen LogP contribution is 2.42. The third kappa shape index (κ3) is 6.99. The third-order valence-electron chi connectivity index (χ3n) is 6.00. The van der Waals surface area contributed by atoms with Gasteiger partial charge in [0, 0.05) is 29.9 Å². The highest BCUT2D eigenvalue weighted by atomic mass is 32.1. The first-order valence-corrected chi connectivity index (χ1v) is 12.8. The molecule has 3 rings (SSSR count). The van der Waals surface area contributed by atoms with Gasteiger partial charge in [-0.25, -0.2) is 9.97 Å². The van der Waals surface area contributed by atoms with Gasteiger partial charge in [0.2, 0.25) is 0 Å². The molecular formula is C24H29F6N5O3S. The van der Waals surface area contributed by atoms with Crippen LogP contribution in [0.3, 0.4) is 0 Å². The van der Waals surface area contributed by atoms with Crippen LogP contribution in [0.4, 0.5) is 32.2 Å². The van der Waals surface area contributed by atoms with E-state index in [1.807, 2.05) is 5.32 Å². The predicted octanol–water partition coefficient (Wildman–Crippen LogP) is 5.10. The number of nitrogens with zero attached hydrogens (tertiary/aromatic N) is 3. The molecule has 1 fully saturated rings. The van der Waals surface area contributed by atoms with E-state index in [2.05, 4.69) is 15.3 Å². The lowest BCUT2D eigenvalue weighted by Gasteiger charge is -2.26. The molecule has 0 saturated carbocycles. The van der Waals surface area contributed by atoms with Crippen LogP contribution < -0.4 is 10.6 Å². The van der Waals surface area contributed by atoms with Gasteiger partial charge in [-0.3, -0.25) is 9.59 Å². The number of hydrogen-bond acceptors (Lipinski definition) is 7. The molecule has 0 aromatic carbocycles. The Labute approximate surface area is 224 Å². The summed E-state index contributed by atoms with van der Waals surface area (Å²) in [5, 5.41) is 13.8. The summed E-state index contributed by atoms with van der Waals surface area (Å²) in [7, 11) is 0. The average molecular weight is 582 g/mol. The van der Waals surface area contributed by atoms with Gasteiger partial charge >= 0.3 is 12.4 Å². The van der Waals surface area contributed by atoms with Crippen molar-refractivity contribution in [3.63, 3.8) is 0 Å². The summed E-state index contributed by atoms with van der Waals surface area (Å²) in [5.41, 5.74) is -5.96. The van der Waals surface area contributed by atoms with Crippen LogP contribution in [-0.2, 0) is 6.18 Å². The maximum atomic E-state index is 14.2. The fraction of sp³-hybridized carbons (Fsp3) is 0.583. The fourth-order valence-electron chi connectivity index (χ4n) is 3.87. The molecular weight excluding hydrogens is 552 g/mol. The van der Waals surface area contributed by atoms with Crippen molar-refractivity contribution in [3.8, 4) is 10.4 Å². The molecule has 8 nitrogen and oxygen atoms in total. The maximum absolute atomic E-state index is 14.2. The number of pyridine rings is 1. The van der Waals surface area contributed by atoms with Crippen molar-refractivity contribution in [2.75, 3.05) is 18.4 Å². The molecule has 3 N–H and O–H groups in total. The summed E-state index contributed by atoms with van der Waals surface area (Å²) in [6, 6.07) is 0.553. The van der Waals surface area contributed by atoms with Crippen molar-refractivity contribution in [1.29, 1.82) is 0 Å².